The Labute approximate surface area is 168 Å². The van der Waals surface area contributed by atoms with E-state index in [1.807, 2.05) is 6.20 Å². The molecule has 0 unspecified atom stereocenters. The number of imidazole rings is 1. The summed E-state index contributed by atoms with van der Waals surface area (Å²) in [6.07, 6.45) is 11.9. The van der Waals surface area contributed by atoms with Crippen molar-refractivity contribution in [3.63, 3.8) is 0 Å². The smallest absolute Gasteiger partial charge is 0.223 e. The zero-order valence-electron chi connectivity index (χ0n) is 16.7. The van der Waals surface area contributed by atoms with Crippen molar-refractivity contribution in [3.8, 4) is 0 Å². The molecule has 1 aromatic carbocycles. The molecule has 4 rings (SSSR count). The van der Waals surface area contributed by atoms with Crippen molar-refractivity contribution < 1.29 is 4.79 Å². The van der Waals surface area contributed by atoms with Gasteiger partial charge < -0.3 is 9.88 Å². The molecule has 1 aliphatic carbocycles. The Morgan fingerprint density at radius 1 is 1.00 bits per heavy atom. The van der Waals surface area contributed by atoms with Gasteiger partial charge in [0.2, 0.25) is 5.91 Å². The molecule has 0 atom stereocenters. The van der Waals surface area contributed by atoms with Gasteiger partial charge in [-0.25, -0.2) is 4.98 Å². The first-order valence-electron chi connectivity index (χ1n) is 10.8. The third kappa shape index (κ3) is 5.02. The van der Waals surface area contributed by atoms with Crippen molar-refractivity contribution in [2.75, 3.05) is 13.1 Å². The van der Waals surface area contributed by atoms with E-state index in [1.54, 1.807) is 0 Å². The third-order valence-electron chi connectivity index (χ3n) is 6.27. The molecule has 1 aromatic heterocycles. The first-order chi connectivity index (χ1) is 13.8. The lowest BCUT2D eigenvalue weighted by Gasteiger charge is -2.33. The van der Waals surface area contributed by atoms with E-state index in [2.05, 4.69) is 56.3 Å². The Balaban J connectivity index is 1.25. The zero-order valence-corrected chi connectivity index (χ0v) is 16.7. The van der Waals surface area contributed by atoms with Crippen molar-refractivity contribution in [2.45, 2.75) is 64.1 Å². The van der Waals surface area contributed by atoms with E-state index in [-0.39, 0.29) is 5.92 Å². The lowest BCUT2D eigenvalue weighted by atomic mass is 9.88. The molecular formula is C23H32N4O. The van der Waals surface area contributed by atoms with Crippen LogP contribution in [0.25, 0.3) is 0 Å². The fraction of sp³-hybridized carbons (Fsp3) is 0.565. The lowest BCUT2D eigenvalue weighted by Crippen LogP contribution is -2.46. The Morgan fingerprint density at radius 2 is 1.75 bits per heavy atom. The summed E-state index contributed by atoms with van der Waals surface area (Å²) >= 11 is 0. The highest BCUT2D eigenvalue weighted by Crippen LogP contribution is 2.24. The number of aromatic nitrogens is 2. The average Bonchev–Trinajstić information content (AvgIpc) is 3.17. The molecule has 2 aliphatic rings. The van der Waals surface area contributed by atoms with Gasteiger partial charge in [0.05, 0.1) is 6.54 Å². The van der Waals surface area contributed by atoms with Gasteiger partial charge in [-0.1, -0.05) is 49.6 Å². The second-order valence-corrected chi connectivity index (χ2v) is 8.35. The molecule has 5 heteroatoms. The molecule has 0 spiro atoms. The van der Waals surface area contributed by atoms with Gasteiger partial charge in [-0.3, -0.25) is 9.69 Å². The molecule has 1 saturated carbocycles. The van der Waals surface area contributed by atoms with Crippen molar-refractivity contribution in [1.82, 2.24) is 19.8 Å². The number of likely N-dealkylation sites (tertiary alicyclic amines) is 1. The van der Waals surface area contributed by atoms with Crippen LogP contribution in [0.3, 0.4) is 0 Å². The van der Waals surface area contributed by atoms with Crippen molar-refractivity contribution in [1.29, 1.82) is 0 Å². The Hall–Kier alpha value is -2.14. The predicted octanol–water partition coefficient (Wildman–Crippen LogP) is 3.59. The van der Waals surface area contributed by atoms with Gasteiger partial charge >= 0.3 is 0 Å². The number of piperidine rings is 1. The van der Waals surface area contributed by atoms with Gasteiger partial charge in [0.1, 0.15) is 5.82 Å². The van der Waals surface area contributed by atoms with Crippen LogP contribution in [0.15, 0.2) is 42.7 Å². The van der Waals surface area contributed by atoms with Crippen LogP contribution in [0.5, 0.6) is 0 Å². The number of rotatable bonds is 6. The average molecular weight is 381 g/mol. The minimum Gasteiger partial charge on any atom is -0.353 e. The van der Waals surface area contributed by atoms with Gasteiger partial charge in [0.15, 0.2) is 0 Å². The third-order valence-corrected chi connectivity index (χ3v) is 6.27. The number of amides is 1. The minimum absolute atomic E-state index is 0.261. The number of carbonyl (C=O) groups excluding carboxylic acids is 1. The van der Waals surface area contributed by atoms with Crippen LogP contribution in [0.1, 0.15) is 56.3 Å². The molecule has 2 heterocycles. The van der Waals surface area contributed by atoms with E-state index in [0.717, 1.165) is 57.7 Å². The molecule has 1 saturated heterocycles. The normalized spacial score (nSPS) is 19.6. The fourth-order valence-electron chi connectivity index (χ4n) is 4.53. The summed E-state index contributed by atoms with van der Waals surface area (Å²) in [5.74, 6) is 1.68. The maximum absolute atomic E-state index is 12.5. The lowest BCUT2D eigenvalue weighted by molar-refractivity contribution is -0.127. The van der Waals surface area contributed by atoms with Crippen molar-refractivity contribution >= 4 is 5.91 Å². The number of carbonyl (C=O) groups is 1. The second kappa shape index (κ2) is 9.37. The van der Waals surface area contributed by atoms with E-state index in [0.29, 0.717) is 11.9 Å². The molecule has 1 amide bonds. The molecule has 28 heavy (non-hydrogen) atoms. The summed E-state index contributed by atoms with van der Waals surface area (Å²) in [5, 5.41) is 3.33. The molecule has 2 fully saturated rings. The molecular weight excluding hydrogens is 348 g/mol. The maximum atomic E-state index is 12.5. The van der Waals surface area contributed by atoms with Gasteiger partial charge in [-0.05, 0) is 31.2 Å². The number of benzene rings is 1. The molecule has 1 aliphatic heterocycles. The summed E-state index contributed by atoms with van der Waals surface area (Å²) in [4.78, 5) is 19.5. The van der Waals surface area contributed by atoms with Crippen LogP contribution in [0.2, 0.25) is 0 Å². The predicted molar refractivity (Wildman–Crippen MR) is 111 cm³/mol. The Bertz CT molecular complexity index is 743. The van der Waals surface area contributed by atoms with Crippen LogP contribution in [-0.2, 0) is 17.9 Å². The number of nitrogens with one attached hydrogen (secondary N) is 1. The summed E-state index contributed by atoms with van der Waals surface area (Å²) in [5.41, 5.74) is 1.30. The largest absolute Gasteiger partial charge is 0.353 e. The molecule has 5 nitrogen and oxygen atoms in total. The number of nitrogens with zero attached hydrogens (tertiary/aromatic N) is 3. The van der Waals surface area contributed by atoms with Crippen LogP contribution in [0, 0.1) is 5.92 Å². The molecule has 2 aromatic rings. The summed E-state index contributed by atoms with van der Waals surface area (Å²) < 4.78 is 2.24. The second-order valence-electron chi connectivity index (χ2n) is 8.35. The zero-order chi connectivity index (χ0) is 19.2. The van der Waals surface area contributed by atoms with Crippen LogP contribution < -0.4 is 5.32 Å². The monoisotopic (exact) mass is 380 g/mol. The molecule has 0 radical (unpaired) electrons. The standard InChI is InChI=1S/C23H32N4O/c28-23(20-9-5-2-6-10-20)25-21-11-14-26(15-12-21)18-22-24-13-16-27(22)17-19-7-3-1-4-8-19/h1,3-4,7-8,13,16,20-21H,2,5-6,9-12,14-15,17-18H2,(H,25,28). The molecule has 150 valence electrons. The van der Waals surface area contributed by atoms with E-state index in [9.17, 15) is 4.79 Å². The van der Waals surface area contributed by atoms with E-state index >= 15 is 0 Å². The summed E-state index contributed by atoms with van der Waals surface area (Å²) in [6.45, 7) is 3.79. The Morgan fingerprint density at radius 3 is 2.50 bits per heavy atom. The first-order valence-corrected chi connectivity index (χ1v) is 10.8. The van der Waals surface area contributed by atoms with Crippen LogP contribution >= 0.6 is 0 Å². The van der Waals surface area contributed by atoms with Crippen molar-refractivity contribution in [3.05, 3.63) is 54.1 Å². The minimum atomic E-state index is 0.261. The quantitative estimate of drug-likeness (QED) is 0.833. The highest BCUT2D eigenvalue weighted by molar-refractivity contribution is 5.79. The molecule has 1 N–H and O–H groups in total. The highest BCUT2D eigenvalue weighted by atomic mass is 16.1. The van der Waals surface area contributed by atoms with E-state index in [4.69, 9.17) is 0 Å². The topological polar surface area (TPSA) is 50.2 Å². The van der Waals surface area contributed by atoms with Gasteiger partial charge in [0, 0.05) is 44.0 Å². The van der Waals surface area contributed by atoms with Gasteiger partial charge in [-0.15, -0.1) is 0 Å². The van der Waals surface area contributed by atoms with Gasteiger partial charge in [0.25, 0.3) is 0 Å². The van der Waals surface area contributed by atoms with Crippen LogP contribution in [0.4, 0.5) is 0 Å². The highest BCUT2D eigenvalue weighted by Gasteiger charge is 2.26. The Kier molecular flexibility index (Phi) is 6.42. The molecule has 0 bridgehead atoms. The SMILES string of the molecule is O=C(NC1CCN(Cc2nccn2Cc2ccccc2)CC1)C1CCCCC1. The number of hydrogen-bond acceptors (Lipinski definition) is 3. The first kappa shape index (κ1) is 19.2. The summed E-state index contributed by atoms with van der Waals surface area (Å²) in [6, 6.07) is 10.9. The van der Waals surface area contributed by atoms with Crippen LogP contribution in [-0.4, -0.2) is 39.5 Å². The van der Waals surface area contributed by atoms with Gasteiger partial charge in [-0.2, -0.15) is 0 Å². The van der Waals surface area contributed by atoms with E-state index in [1.165, 1.54) is 24.8 Å². The van der Waals surface area contributed by atoms with Crippen molar-refractivity contribution in [2.24, 2.45) is 5.92 Å². The summed E-state index contributed by atoms with van der Waals surface area (Å²) in [7, 11) is 0. The maximum Gasteiger partial charge on any atom is 0.223 e. The number of hydrogen-bond donors (Lipinski definition) is 1. The van der Waals surface area contributed by atoms with E-state index < -0.39 is 0 Å². The fourth-order valence-corrected chi connectivity index (χ4v) is 4.53.